The lowest BCUT2D eigenvalue weighted by atomic mass is 9.97. The molecule has 1 aromatic heterocycles. The largest absolute Gasteiger partial charge is 0.338 e. The summed E-state index contributed by atoms with van der Waals surface area (Å²) in [4.78, 5) is 18.9. The fraction of sp³-hybridized carbons (Fsp3) is 0.800. The number of amides is 2. The first kappa shape index (κ1) is 19.0. The van der Waals surface area contributed by atoms with Gasteiger partial charge >= 0.3 is 6.03 Å². The lowest BCUT2D eigenvalue weighted by Gasteiger charge is -2.30. The predicted molar refractivity (Wildman–Crippen MR) is 92.1 cm³/mol. The van der Waals surface area contributed by atoms with Gasteiger partial charge < -0.3 is 20.5 Å². The molecule has 8 nitrogen and oxygen atoms in total. The summed E-state index contributed by atoms with van der Waals surface area (Å²) in [5.74, 6) is 1.23. The molecule has 3 rings (SSSR count). The molecule has 2 fully saturated rings. The third-order valence-electron chi connectivity index (χ3n) is 4.81. The maximum atomic E-state index is 12.0. The van der Waals surface area contributed by atoms with E-state index in [0.29, 0.717) is 18.3 Å². The normalized spacial score (nSPS) is 23.5. The van der Waals surface area contributed by atoms with Crippen LogP contribution in [0.1, 0.15) is 50.4 Å². The van der Waals surface area contributed by atoms with Crippen LogP contribution in [0, 0.1) is 0 Å². The quantitative estimate of drug-likeness (QED) is 0.747. The van der Waals surface area contributed by atoms with Crippen molar-refractivity contribution in [2.45, 2.75) is 44.2 Å². The van der Waals surface area contributed by atoms with Crippen LogP contribution in [-0.4, -0.2) is 54.3 Å². The minimum absolute atomic E-state index is 0. The number of piperazine rings is 1. The summed E-state index contributed by atoms with van der Waals surface area (Å²) >= 11 is 0. The lowest BCUT2D eigenvalue weighted by Crippen LogP contribution is -2.48. The summed E-state index contributed by atoms with van der Waals surface area (Å²) in [7, 11) is 2.07. The number of hydrogen-bond donors (Lipinski definition) is 3. The number of urea groups is 1. The zero-order chi connectivity index (χ0) is 16.3. The van der Waals surface area contributed by atoms with Crippen molar-refractivity contribution in [2.75, 3.05) is 33.2 Å². The molecule has 1 aliphatic carbocycles. The lowest BCUT2D eigenvalue weighted by molar-refractivity contribution is 0.188. The number of nitrogens with zero attached hydrogens (tertiary/aromatic N) is 3. The minimum atomic E-state index is -0.523. The molecule has 136 valence electrons. The molecule has 0 aromatic carbocycles. The molecule has 1 aliphatic heterocycles. The van der Waals surface area contributed by atoms with E-state index >= 15 is 0 Å². The van der Waals surface area contributed by atoms with Gasteiger partial charge in [-0.15, -0.1) is 12.4 Å². The maximum Gasteiger partial charge on any atom is 0.315 e. The Morgan fingerprint density at radius 2 is 2.21 bits per heavy atom. The van der Waals surface area contributed by atoms with E-state index in [1.54, 1.807) is 0 Å². The Kier molecular flexibility index (Phi) is 6.42. The second-order valence-electron chi connectivity index (χ2n) is 6.43. The van der Waals surface area contributed by atoms with Crippen LogP contribution in [-0.2, 0) is 5.54 Å². The molecular weight excluding hydrogens is 332 g/mol. The van der Waals surface area contributed by atoms with Gasteiger partial charge in [-0.3, -0.25) is 4.90 Å². The summed E-state index contributed by atoms with van der Waals surface area (Å²) in [5, 5.41) is 13.4. The van der Waals surface area contributed by atoms with Gasteiger partial charge in [0.25, 0.3) is 5.89 Å². The van der Waals surface area contributed by atoms with Gasteiger partial charge in [0, 0.05) is 26.2 Å². The molecule has 0 bridgehead atoms. The summed E-state index contributed by atoms with van der Waals surface area (Å²) in [6.07, 6.45) is 3.78. The van der Waals surface area contributed by atoms with Gasteiger partial charge in [-0.1, -0.05) is 18.0 Å². The molecule has 2 aliphatic rings. The molecule has 1 saturated carbocycles. The maximum absolute atomic E-state index is 12.0. The second kappa shape index (κ2) is 8.13. The number of carbonyl (C=O) groups is 1. The van der Waals surface area contributed by atoms with Crippen molar-refractivity contribution < 1.29 is 9.32 Å². The highest BCUT2D eigenvalue weighted by Crippen LogP contribution is 2.38. The Bertz CT molecular complexity index is 546. The molecule has 2 heterocycles. The van der Waals surface area contributed by atoms with E-state index in [9.17, 15) is 4.79 Å². The van der Waals surface area contributed by atoms with Gasteiger partial charge in [-0.05, 0) is 26.8 Å². The summed E-state index contributed by atoms with van der Waals surface area (Å²) in [6.45, 7) is 5.23. The second-order valence-corrected chi connectivity index (χ2v) is 6.43. The van der Waals surface area contributed by atoms with Crippen LogP contribution in [0.4, 0.5) is 4.79 Å². The average Bonchev–Trinajstić information content (AvgIpc) is 3.18. The first-order valence-corrected chi connectivity index (χ1v) is 8.46. The van der Waals surface area contributed by atoms with Gasteiger partial charge in [0.15, 0.2) is 5.82 Å². The van der Waals surface area contributed by atoms with E-state index in [1.165, 1.54) is 0 Å². The van der Waals surface area contributed by atoms with Crippen LogP contribution >= 0.6 is 12.4 Å². The average molecular weight is 359 g/mol. The van der Waals surface area contributed by atoms with Crippen molar-refractivity contribution in [3.63, 3.8) is 0 Å². The number of aromatic nitrogens is 2. The topological polar surface area (TPSA) is 95.3 Å². The van der Waals surface area contributed by atoms with Crippen LogP contribution < -0.4 is 16.0 Å². The van der Waals surface area contributed by atoms with E-state index in [0.717, 1.165) is 45.3 Å². The first-order chi connectivity index (χ1) is 11.1. The molecule has 1 aromatic rings. The van der Waals surface area contributed by atoms with Gasteiger partial charge in [0.05, 0.1) is 6.04 Å². The van der Waals surface area contributed by atoms with Crippen molar-refractivity contribution in [2.24, 2.45) is 0 Å². The Balaban J connectivity index is 0.00000208. The Morgan fingerprint density at radius 1 is 1.46 bits per heavy atom. The van der Waals surface area contributed by atoms with Gasteiger partial charge in [0.2, 0.25) is 0 Å². The highest BCUT2D eigenvalue weighted by molar-refractivity contribution is 5.85. The van der Waals surface area contributed by atoms with E-state index in [1.807, 2.05) is 6.92 Å². The number of rotatable bonds is 4. The third-order valence-corrected chi connectivity index (χ3v) is 4.81. The Hall–Kier alpha value is -1.38. The van der Waals surface area contributed by atoms with E-state index in [4.69, 9.17) is 4.52 Å². The van der Waals surface area contributed by atoms with Crippen LogP contribution in [0.3, 0.4) is 0 Å². The molecule has 9 heteroatoms. The molecule has 1 atom stereocenters. The first-order valence-electron chi connectivity index (χ1n) is 8.46. The van der Waals surface area contributed by atoms with Crippen LogP contribution in [0.15, 0.2) is 4.52 Å². The van der Waals surface area contributed by atoms with E-state index in [-0.39, 0.29) is 24.5 Å². The molecule has 0 spiro atoms. The van der Waals surface area contributed by atoms with E-state index < -0.39 is 5.54 Å². The SMILES string of the molecule is CCNC(=O)NC1(c2nc(C3CNCCN3C)no2)CCCC1.Cl. The van der Waals surface area contributed by atoms with Gasteiger partial charge in [-0.25, -0.2) is 4.79 Å². The molecular formula is C15H27ClN6O2. The monoisotopic (exact) mass is 358 g/mol. The van der Waals surface area contributed by atoms with E-state index in [2.05, 4.69) is 38.0 Å². The third kappa shape index (κ3) is 3.81. The van der Waals surface area contributed by atoms with Crippen molar-refractivity contribution in [1.82, 2.24) is 31.0 Å². The number of likely N-dealkylation sites (N-methyl/N-ethyl adjacent to an activating group) is 1. The molecule has 1 unspecified atom stereocenters. The number of halogens is 1. The molecule has 3 N–H and O–H groups in total. The number of nitrogens with one attached hydrogen (secondary N) is 3. The van der Waals surface area contributed by atoms with Crippen molar-refractivity contribution in [1.29, 1.82) is 0 Å². The standard InChI is InChI=1S/C15H26N6O2.ClH/c1-3-17-14(22)19-15(6-4-5-7-15)13-18-12(20-23-13)11-10-16-8-9-21(11)2;/h11,16H,3-10H2,1-2H3,(H2,17,19,22);1H. The highest BCUT2D eigenvalue weighted by Gasteiger charge is 2.43. The minimum Gasteiger partial charge on any atom is -0.338 e. The fourth-order valence-electron chi connectivity index (χ4n) is 3.45. The van der Waals surface area contributed by atoms with Crippen molar-refractivity contribution in [3.05, 3.63) is 11.7 Å². The fourth-order valence-corrected chi connectivity index (χ4v) is 3.45. The van der Waals surface area contributed by atoms with Crippen LogP contribution in [0.25, 0.3) is 0 Å². The summed E-state index contributed by atoms with van der Waals surface area (Å²) in [5.41, 5.74) is -0.523. The Morgan fingerprint density at radius 3 is 2.88 bits per heavy atom. The zero-order valence-electron chi connectivity index (χ0n) is 14.3. The zero-order valence-corrected chi connectivity index (χ0v) is 15.1. The predicted octanol–water partition coefficient (Wildman–Crippen LogP) is 1.16. The van der Waals surface area contributed by atoms with Gasteiger partial charge in [-0.2, -0.15) is 4.98 Å². The van der Waals surface area contributed by atoms with Crippen LogP contribution in [0.5, 0.6) is 0 Å². The summed E-state index contributed by atoms with van der Waals surface area (Å²) in [6, 6.07) is -0.0604. The van der Waals surface area contributed by atoms with Crippen molar-refractivity contribution >= 4 is 18.4 Å². The number of carbonyl (C=O) groups excluding carboxylic acids is 1. The molecule has 2 amide bonds. The Labute approximate surface area is 148 Å². The number of hydrogen-bond acceptors (Lipinski definition) is 6. The molecule has 1 saturated heterocycles. The van der Waals surface area contributed by atoms with Crippen molar-refractivity contribution in [3.8, 4) is 0 Å². The molecule has 0 radical (unpaired) electrons. The highest BCUT2D eigenvalue weighted by atomic mass is 35.5. The summed E-state index contributed by atoms with van der Waals surface area (Å²) < 4.78 is 5.57. The molecule has 24 heavy (non-hydrogen) atoms. The smallest absolute Gasteiger partial charge is 0.315 e. The van der Waals surface area contributed by atoms with Crippen LogP contribution in [0.2, 0.25) is 0 Å². The van der Waals surface area contributed by atoms with Gasteiger partial charge in [0.1, 0.15) is 5.54 Å².